The summed E-state index contributed by atoms with van der Waals surface area (Å²) >= 11 is 0. The van der Waals surface area contributed by atoms with Gasteiger partial charge in [0.15, 0.2) is 0 Å². The van der Waals surface area contributed by atoms with Crippen molar-refractivity contribution in [2.75, 3.05) is 13.7 Å². The van der Waals surface area contributed by atoms with Crippen LogP contribution in [0.5, 0.6) is 0 Å². The lowest BCUT2D eigenvalue weighted by molar-refractivity contribution is -0.0834. The van der Waals surface area contributed by atoms with Crippen LogP contribution in [0.4, 0.5) is 0 Å². The third-order valence-electron chi connectivity index (χ3n) is 4.36. The monoisotopic (exact) mass is 265 g/mol. The van der Waals surface area contributed by atoms with E-state index in [2.05, 4.69) is 23.4 Å². The van der Waals surface area contributed by atoms with E-state index in [1.807, 2.05) is 25.8 Å². The Morgan fingerprint density at radius 1 is 1.53 bits per heavy atom. The number of nitrogens with one attached hydrogen (secondary N) is 1. The van der Waals surface area contributed by atoms with Crippen molar-refractivity contribution >= 4 is 0 Å². The zero-order valence-corrected chi connectivity index (χ0v) is 12.7. The van der Waals surface area contributed by atoms with Gasteiger partial charge in [-0.1, -0.05) is 6.92 Å². The van der Waals surface area contributed by atoms with Gasteiger partial charge in [0.25, 0.3) is 0 Å². The molecule has 1 aliphatic rings. The number of hydrogen-bond donors (Lipinski definition) is 1. The third kappa shape index (κ3) is 3.37. The average Bonchev–Trinajstić information content (AvgIpc) is 2.62. The molecule has 1 aromatic heterocycles. The zero-order chi connectivity index (χ0) is 13.9. The number of aryl methyl sites for hydroxylation is 2. The van der Waals surface area contributed by atoms with Gasteiger partial charge in [0.1, 0.15) is 0 Å². The van der Waals surface area contributed by atoms with Gasteiger partial charge in [0.2, 0.25) is 0 Å². The molecule has 0 saturated heterocycles. The molecule has 1 atom stereocenters. The van der Waals surface area contributed by atoms with E-state index in [0.717, 1.165) is 25.1 Å². The number of nitrogens with zero attached hydrogens (tertiary/aromatic N) is 2. The highest BCUT2D eigenvalue weighted by Gasteiger charge is 2.38. The van der Waals surface area contributed by atoms with Crippen molar-refractivity contribution in [1.82, 2.24) is 15.1 Å². The van der Waals surface area contributed by atoms with Crippen molar-refractivity contribution in [2.45, 2.75) is 57.6 Å². The molecular formula is C15H27N3O. The van der Waals surface area contributed by atoms with Gasteiger partial charge in [0, 0.05) is 32.3 Å². The number of rotatable bonds is 7. The Bertz CT molecular complexity index is 404. The molecule has 0 aromatic carbocycles. The standard InChI is InChI=1S/C15H27N3O/c1-5-16-13(11-15(19-4)7-6-8-15)10-14-9-12(2)17-18(14)3/h9,13,16H,5-8,10-11H2,1-4H3. The summed E-state index contributed by atoms with van der Waals surface area (Å²) < 4.78 is 7.76. The van der Waals surface area contributed by atoms with E-state index in [4.69, 9.17) is 4.74 Å². The molecule has 1 heterocycles. The van der Waals surface area contributed by atoms with Crippen LogP contribution in [0, 0.1) is 6.92 Å². The smallest absolute Gasteiger partial charge is 0.0693 e. The molecule has 0 aliphatic heterocycles. The normalized spacial score (nSPS) is 19.2. The molecule has 0 radical (unpaired) electrons. The number of hydrogen-bond acceptors (Lipinski definition) is 3. The van der Waals surface area contributed by atoms with Crippen molar-refractivity contribution in [3.05, 3.63) is 17.5 Å². The second kappa shape index (κ2) is 6.06. The molecule has 1 unspecified atom stereocenters. The minimum absolute atomic E-state index is 0.125. The van der Waals surface area contributed by atoms with Gasteiger partial charge in [0.05, 0.1) is 11.3 Å². The molecule has 0 amide bonds. The maximum Gasteiger partial charge on any atom is 0.0693 e. The Hall–Kier alpha value is -0.870. The van der Waals surface area contributed by atoms with E-state index in [1.165, 1.54) is 25.0 Å². The van der Waals surface area contributed by atoms with Crippen LogP contribution < -0.4 is 5.32 Å². The number of ether oxygens (including phenoxy) is 1. The van der Waals surface area contributed by atoms with E-state index < -0.39 is 0 Å². The maximum absolute atomic E-state index is 5.76. The first kappa shape index (κ1) is 14.5. The predicted octanol–water partition coefficient (Wildman–Crippen LogP) is 2.21. The largest absolute Gasteiger partial charge is 0.378 e. The van der Waals surface area contributed by atoms with E-state index >= 15 is 0 Å². The summed E-state index contributed by atoms with van der Waals surface area (Å²) in [6.07, 6.45) is 5.83. The van der Waals surface area contributed by atoms with Crippen molar-refractivity contribution in [2.24, 2.45) is 7.05 Å². The highest BCUT2D eigenvalue weighted by molar-refractivity contribution is 5.10. The first-order chi connectivity index (χ1) is 9.08. The van der Waals surface area contributed by atoms with Crippen LogP contribution in [0.15, 0.2) is 6.07 Å². The van der Waals surface area contributed by atoms with Crippen LogP contribution in [0.3, 0.4) is 0 Å². The fourth-order valence-corrected chi connectivity index (χ4v) is 3.12. The quantitative estimate of drug-likeness (QED) is 0.821. The molecule has 2 rings (SSSR count). The number of methoxy groups -OCH3 is 1. The maximum atomic E-state index is 5.76. The number of aromatic nitrogens is 2. The van der Waals surface area contributed by atoms with Crippen LogP contribution in [0.1, 0.15) is 44.0 Å². The summed E-state index contributed by atoms with van der Waals surface area (Å²) in [5.74, 6) is 0. The van der Waals surface area contributed by atoms with Crippen LogP contribution in [0.2, 0.25) is 0 Å². The molecule has 1 aromatic rings. The van der Waals surface area contributed by atoms with Gasteiger partial charge >= 0.3 is 0 Å². The van der Waals surface area contributed by atoms with Gasteiger partial charge in [-0.25, -0.2) is 0 Å². The lowest BCUT2D eigenvalue weighted by atomic mass is 9.75. The molecule has 4 nitrogen and oxygen atoms in total. The zero-order valence-electron chi connectivity index (χ0n) is 12.7. The molecule has 1 fully saturated rings. The van der Waals surface area contributed by atoms with E-state index in [-0.39, 0.29) is 5.60 Å². The fourth-order valence-electron chi connectivity index (χ4n) is 3.12. The van der Waals surface area contributed by atoms with Crippen LogP contribution in [-0.2, 0) is 18.2 Å². The molecule has 0 bridgehead atoms. The second-order valence-electron chi connectivity index (χ2n) is 5.80. The lowest BCUT2D eigenvalue weighted by Gasteiger charge is -2.43. The predicted molar refractivity (Wildman–Crippen MR) is 77.3 cm³/mol. The Kier molecular flexibility index (Phi) is 4.63. The van der Waals surface area contributed by atoms with Crippen LogP contribution in [-0.4, -0.2) is 35.1 Å². The Morgan fingerprint density at radius 2 is 2.26 bits per heavy atom. The van der Waals surface area contributed by atoms with Gasteiger partial charge in [-0.15, -0.1) is 0 Å². The minimum Gasteiger partial charge on any atom is -0.378 e. The fraction of sp³-hybridized carbons (Fsp3) is 0.800. The highest BCUT2D eigenvalue weighted by atomic mass is 16.5. The molecule has 19 heavy (non-hydrogen) atoms. The van der Waals surface area contributed by atoms with Crippen molar-refractivity contribution in [3.63, 3.8) is 0 Å². The summed E-state index contributed by atoms with van der Waals surface area (Å²) in [4.78, 5) is 0. The minimum atomic E-state index is 0.125. The molecule has 4 heteroatoms. The van der Waals surface area contributed by atoms with Crippen LogP contribution >= 0.6 is 0 Å². The Balaban J connectivity index is 2.01. The molecule has 1 saturated carbocycles. The summed E-state index contributed by atoms with van der Waals surface area (Å²) in [7, 11) is 3.89. The SMILES string of the molecule is CCNC(Cc1cc(C)nn1C)CC1(OC)CCC1. The molecular weight excluding hydrogens is 238 g/mol. The summed E-state index contributed by atoms with van der Waals surface area (Å²) in [6, 6.07) is 2.66. The second-order valence-corrected chi connectivity index (χ2v) is 5.80. The van der Waals surface area contributed by atoms with E-state index in [1.54, 1.807) is 0 Å². The first-order valence-corrected chi connectivity index (χ1v) is 7.36. The van der Waals surface area contributed by atoms with Crippen LogP contribution in [0.25, 0.3) is 0 Å². The Morgan fingerprint density at radius 3 is 2.68 bits per heavy atom. The summed E-state index contributed by atoms with van der Waals surface area (Å²) in [5.41, 5.74) is 2.52. The number of likely N-dealkylation sites (N-methyl/N-ethyl adjacent to an activating group) is 1. The van der Waals surface area contributed by atoms with E-state index in [9.17, 15) is 0 Å². The summed E-state index contributed by atoms with van der Waals surface area (Å²) in [6.45, 7) is 5.22. The van der Waals surface area contributed by atoms with E-state index in [0.29, 0.717) is 6.04 Å². The lowest BCUT2D eigenvalue weighted by Crippen LogP contribution is -2.46. The van der Waals surface area contributed by atoms with Crippen molar-refractivity contribution in [1.29, 1.82) is 0 Å². The van der Waals surface area contributed by atoms with Gasteiger partial charge in [-0.2, -0.15) is 5.10 Å². The summed E-state index contributed by atoms with van der Waals surface area (Å²) in [5, 5.41) is 8.04. The highest BCUT2D eigenvalue weighted by Crippen LogP contribution is 2.39. The molecule has 0 spiro atoms. The first-order valence-electron chi connectivity index (χ1n) is 7.36. The Labute approximate surface area is 116 Å². The molecule has 1 aliphatic carbocycles. The van der Waals surface area contributed by atoms with Crippen molar-refractivity contribution < 1.29 is 4.74 Å². The topological polar surface area (TPSA) is 39.1 Å². The molecule has 108 valence electrons. The van der Waals surface area contributed by atoms with Gasteiger partial charge in [-0.3, -0.25) is 4.68 Å². The van der Waals surface area contributed by atoms with Crippen molar-refractivity contribution in [3.8, 4) is 0 Å². The van der Waals surface area contributed by atoms with Gasteiger partial charge < -0.3 is 10.1 Å². The molecule has 1 N–H and O–H groups in total. The average molecular weight is 265 g/mol. The third-order valence-corrected chi connectivity index (χ3v) is 4.36. The van der Waals surface area contributed by atoms with Gasteiger partial charge in [-0.05, 0) is 45.2 Å².